The van der Waals surface area contributed by atoms with Crippen molar-refractivity contribution in [2.75, 3.05) is 7.11 Å². The Morgan fingerprint density at radius 2 is 2.40 bits per heavy atom. The Kier molecular flexibility index (Phi) is 7.64. The number of ether oxygens (including phenoxy) is 1. The molecule has 0 N–H and O–H groups in total. The summed E-state index contributed by atoms with van der Waals surface area (Å²) >= 11 is 3.62. The van der Waals surface area contributed by atoms with E-state index in [-0.39, 0.29) is 0 Å². The molecule has 0 aromatic carbocycles. The second-order valence-electron chi connectivity index (χ2n) is 1.29. The summed E-state index contributed by atoms with van der Waals surface area (Å²) in [5.41, 5.74) is 0. The van der Waals surface area contributed by atoms with Crippen molar-refractivity contribution < 1.29 is 19.5 Å². The molecular formula is C6H6INOZn. The molecule has 0 radical (unpaired) electrons. The molecule has 0 aliphatic carbocycles. The zero-order chi connectivity index (χ0) is 7.82. The molecule has 1 rings (SSSR count). The molecule has 4 heteroatoms. The Labute approximate surface area is 81.2 Å². The predicted molar refractivity (Wildman–Crippen MR) is 43.6 cm³/mol. The fourth-order valence-corrected chi connectivity index (χ4v) is 0.422. The van der Waals surface area contributed by atoms with Crippen molar-refractivity contribution >= 4 is 19.8 Å². The standard InChI is InChI=1S/C6H6NO.HI.Zn/c1-8-6-4-2-3-5-7-6;;/h2-3,5H,1H3;1H;/q-1;;+2/p-1. The quantitative estimate of drug-likeness (QED) is 0.448. The van der Waals surface area contributed by atoms with Crippen molar-refractivity contribution in [3.8, 4) is 5.88 Å². The molecule has 0 amide bonds. The third-order valence-corrected chi connectivity index (χ3v) is 0.774. The van der Waals surface area contributed by atoms with Gasteiger partial charge in [-0.15, -0.1) is 0 Å². The van der Waals surface area contributed by atoms with E-state index in [9.17, 15) is 0 Å². The van der Waals surface area contributed by atoms with Crippen LogP contribution in [0.25, 0.3) is 0 Å². The zero-order valence-corrected chi connectivity index (χ0v) is 10.8. The van der Waals surface area contributed by atoms with Crippen molar-refractivity contribution in [3.63, 3.8) is 0 Å². The Balaban J connectivity index is 0.000000371. The van der Waals surface area contributed by atoms with Gasteiger partial charge in [-0.05, 0) is 0 Å². The number of hydrogen-bond acceptors (Lipinski definition) is 2. The monoisotopic (exact) mass is 299 g/mol. The van der Waals surface area contributed by atoms with Crippen LogP contribution in [0.15, 0.2) is 18.3 Å². The van der Waals surface area contributed by atoms with Gasteiger partial charge >= 0.3 is 34.5 Å². The van der Waals surface area contributed by atoms with Crippen LogP contribution in [-0.2, 0) is 14.8 Å². The molecule has 0 spiro atoms. The van der Waals surface area contributed by atoms with Crippen molar-refractivity contribution in [2.45, 2.75) is 0 Å². The summed E-state index contributed by atoms with van der Waals surface area (Å²) in [5.74, 6) is 0.535. The van der Waals surface area contributed by atoms with Crippen LogP contribution in [0.2, 0.25) is 0 Å². The van der Waals surface area contributed by atoms with Crippen LogP contribution in [0.1, 0.15) is 0 Å². The van der Waals surface area contributed by atoms with Crippen molar-refractivity contribution in [1.82, 2.24) is 4.98 Å². The first-order valence-electron chi connectivity index (χ1n) is 2.57. The van der Waals surface area contributed by atoms with Gasteiger partial charge in [-0.2, -0.15) is 12.1 Å². The van der Waals surface area contributed by atoms with E-state index in [2.05, 4.69) is 30.8 Å². The number of nitrogens with zero attached hydrogens (tertiary/aromatic N) is 1. The average molecular weight is 300 g/mol. The van der Waals surface area contributed by atoms with Gasteiger partial charge < -0.3 is 4.74 Å². The first-order chi connectivity index (χ1) is 4.93. The molecule has 0 aliphatic rings. The molecule has 1 aromatic rings. The van der Waals surface area contributed by atoms with E-state index >= 15 is 0 Å². The summed E-state index contributed by atoms with van der Waals surface area (Å²) in [4.78, 5) is 3.82. The first-order valence-corrected chi connectivity index (χ1v) is 11.6. The molecular weight excluding hydrogens is 294 g/mol. The van der Waals surface area contributed by atoms with E-state index in [0.29, 0.717) is 5.88 Å². The Morgan fingerprint density at radius 3 is 2.70 bits per heavy atom. The molecule has 0 saturated heterocycles. The molecule has 1 heterocycles. The Bertz CT molecular complexity index is 159. The van der Waals surface area contributed by atoms with Crippen LogP contribution in [0.5, 0.6) is 5.88 Å². The van der Waals surface area contributed by atoms with E-state index in [1.165, 1.54) is 14.8 Å². The van der Waals surface area contributed by atoms with E-state index in [4.69, 9.17) is 4.74 Å². The molecule has 0 aliphatic heterocycles. The molecule has 1 aromatic heterocycles. The number of pyridine rings is 1. The first kappa shape index (κ1) is 10.3. The third-order valence-electron chi connectivity index (χ3n) is 0.774. The van der Waals surface area contributed by atoms with Gasteiger partial charge in [0.25, 0.3) is 0 Å². The predicted octanol–water partition coefficient (Wildman–Crippen LogP) is 1.77. The molecule has 50 valence electrons. The minimum absolute atomic E-state index is 0.535. The van der Waals surface area contributed by atoms with Gasteiger partial charge in [-0.1, -0.05) is 6.20 Å². The Hall–Kier alpha value is 0.303. The fourth-order valence-electron chi connectivity index (χ4n) is 0.422. The number of methoxy groups -OCH3 is 1. The summed E-state index contributed by atoms with van der Waals surface area (Å²) in [7, 11) is 1.57. The molecule has 0 bridgehead atoms. The average Bonchev–Trinajstić information content (AvgIpc) is 2.10. The topological polar surface area (TPSA) is 22.1 Å². The number of rotatable bonds is 1. The maximum atomic E-state index is 4.75. The van der Waals surface area contributed by atoms with Crippen LogP contribution in [0.4, 0.5) is 0 Å². The van der Waals surface area contributed by atoms with Crippen LogP contribution in [0.3, 0.4) is 0 Å². The second-order valence-corrected chi connectivity index (χ2v) is 1.29. The van der Waals surface area contributed by atoms with E-state index in [1.807, 2.05) is 0 Å². The van der Waals surface area contributed by atoms with Gasteiger partial charge in [-0.3, -0.25) is 4.98 Å². The van der Waals surface area contributed by atoms with Crippen LogP contribution in [-0.4, -0.2) is 12.1 Å². The van der Waals surface area contributed by atoms with Crippen molar-refractivity contribution in [1.29, 1.82) is 0 Å². The summed E-state index contributed by atoms with van der Waals surface area (Å²) in [6.07, 6.45) is 1.66. The summed E-state index contributed by atoms with van der Waals surface area (Å²) < 4.78 is 4.75. The fraction of sp³-hybridized carbons (Fsp3) is 0.167. The summed E-state index contributed by atoms with van der Waals surface area (Å²) in [6, 6.07) is 6.33. The van der Waals surface area contributed by atoms with E-state index in [1.54, 1.807) is 25.4 Å². The van der Waals surface area contributed by atoms with Gasteiger partial charge in [0.1, 0.15) is 5.88 Å². The number of hydrogen-bond donors (Lipinski definition) is 0. The van der Waals surface area contributed by atoms with E-state index < -0.39 is 0 Å². The summed E-state index contributed by atoms with van der Waals surface area (Å²) in [5, 5.41) is 0. The molecule has 2 nitrogen and oxygen atoms in total. The van der Waals surface area contributed by atoms with Crippen molar-refractivity contribution in [3.05, 3.63) is 24.4 Å². The number of aromatic nitrogens is 1. The molecule has 0 fully saturated rings. The Morgan fingerprint density at radius 1 is 1.70 bits per heavy atom. The minimum atomic E-state index is 0.535. The van der Waals surface area contributed by atoms with Gasteiger partial charge in [0.15, 0.2) is 0 Å². The second kappa shape index (κ2) is 7.41. The van der Waals surface area contributed by atoms with Gasteiger partial charge in [0.05, 0.1) is 7.11 Å². The SMILES string of the molecule is COc1[c-]cccn1.[Zn+][I]. The van der Waals surface area contributed by atoms with E-state index in [0.717, 1.165) is 0 Å². The molecule has 0 saturated carbocycles. The molecule has 0 atom stereocenters. The van der Waals surface area contributed by atoms with Crippen molar-refractivity contribution in [2.24, 2.45) is 0 Å². The van der Waals surface area contributed by atoms with Gasteiger partial charge in [-0.25, -0.2) is 6.07 Å². The third kappa shape index (κ3) is 4.17. The zero-order valence-electron chi connectivity index (χ0n) is 5.67. The summed E-state index contributed by atoms with van der Waals surface area (Å²) in [6.45, 7) is 0. The normalized spacial score (nSPS) is 7.60. The molecule has 10 heavy (non-hydrogen) atoms. The van der Waals surface area contributed by atoms with Gasteiger partial charge in [0.2, 0.25) is 0 Å². The number of halogens is 1. The van der Waals surface area contributed by atoms with Crippen LogP contribution < -0.4 is 4.74 Å². The van der Waals surface area contributed by atoms with Gasteiger partial charge in [0, 0.05) is 0 Å². The maximum absolute atomic E-state index is 4.75. The van der Waals surface area contributed by atoms with Crippen LogP contribution >= 0.6 is 19.8 Å². The van der Waals surface area contributed by atoms with Crippen LogP contribution in [0, 0.1) is 6.07 Å². The molecule has 0 unspecified atom stereocenters.